The minimum Gasteiger partial charge on any atom is -0.325 e. The van der Waals surface area contributed by atoms with E-state index in [4.69, 9.17) is 0 Å². The molecule has 0 atom stereocenters. The lowest BCUT2D eigenvalue weighted by molar-refractivity contribution is -0.113. The van der Waals surface area contributed by atoms with Gasteiger partial charge in [0, 0.05) is 16.3 Å². The Kier molecular flexibility index (Phi) is 6.84. The first-order valence-electron chi connectivity index (χ1n) is 9.43. The summed E-state index contributed by atoms with van der Waals surface area (Å²) in [7, 11) is -3.63. The van der Waals surface area contributed by atoms with Gasteiger partial charge in [0.1, 0.15) is 0 Å². The number of rotatable bonds is 7. The van der Waals surface area contributed by atoms with Gasteiger partial charge in [0.15, 0.2) is 0 Å². The number of anilines is 2. The monoisotopic (exact) mass is 440 g/mol. The molecule has 1 amide bonds. The Balaban J connectivity index is 1.57. The minimum absolute atomic E-state index is 0.0853. The van der Waals surface area contributed by atoms with Crippen molar-refractivity contribution >= 4 is 39.1 Å². The maximum atomic E-state index is 12.5. The quantitative estimate of drug-likeness (QED) is 0.499. The molecule has 0 radical (unpaired) electrons. The van der Waals surface area contributed by atoms with E-state index in [1.165, 1.54) is 11.8 Å². The fourth-order valence-corrected chi connectivity index (χ4v) is 4.53. The second-order valence-electron chi connectivity index (χ2n) is 7.03. The van der Waals surface area contributed by atoms with Gasteiger partial charge >= 0.3 is 0 Å². The average Bonchev–Trinajstić information content (AvgIpc) is 2.71. The Labute approximate surface area is 182 Å². The summed E-state index contributed by atoms with van der Waals surface area (Å²) in [5.74, 6) is 0.180. The van der Waals surface area contributed by atoms with Gasteiger partial charge in [-0.05, 0) is 74.4 Å². The van der Waals surface area contributed by atoms with Gasteiger partial charge in [-0.15, -0.1) is 11.8 Å². The van der Waals surface area contributed by atoms with Crippen LogP contribution in [0.5, 0.6) is 0 Å². The molecule has 0 aliphatic heterocycles. The van der Waals surface area contributed by atoms with Crippen molar-refractivity contribution in [1.29, 1.82) is 0 Å². The molecule has 2 N–H and O–H groups in total. The zero-order chi connectivity index (χ0) is 21.7. The van der Waals surface area contributed by atoms with Gasteiger partial charge in [0.25, 0.3) is 10.0 Å². The maximum absolute atomic E-state index is 12.5. The zero-order valence-corrected chi connectivity index (χ0v) is 18.7. The summed E-state index contributed by atoms with van der Waals surface area (Å²) in [5.41, 5.74) is 4.48. The molecule has 30 heavy (non-hydrogen) atoms. The van der Waals surface area contributed by atoms with Crippen LogP contribution in [0.2, 0.25) is 0 Å². The number of amides is 1. The van der Waals surface area contributed by atoms with Crippen molar-refractivity contribution in [1.82, 2.24) is 0 Å². The number of nitrogens with one attached hydrogen (secondary N) is 2. The number of sulfonamides is 1. The molecule has 0 unspecified atom stereocenters. The van der Waals surface area contributed by atoms with E-state index in [0.717, 1.165) is 27.3 Å². The summed E-state index contributed by atoms with van der Waals surface area (Å²) in [4.78, 5) is 13.4. The highest BCUT2D eigenvalue weighted by Crippen LogP contribution is 2.23. The van der Waals surface area contributed by atoms with Crippen molar-refractivity contribution in [2.45, 2.75) is 30.6 Å². The van der Waals surface area contributed by atoms with Crippen molar-refractivity contribution in [2.24, 2.45) is 0 Å². The van der Waals surface area contributed by atoms with Crippen LogP contribution in [-0.2, 0) is 14.8 Å². The number of benzene rings is 3. The molecule has 3 aromatic rings. The molecule has 0 aromatic heterocycles. The van der Waals surface area contributed by atoms with E-state index < -0.39 is 10.0 Å². The number of hydrogen-bond acceptors (Lipinski definition) is 4. The van der Waals surface area contributed by atoms with Gasteiger partial charge in [-0.25, -0.2) is 8.42 Å². The van der Waals surface area contributed by atoms with Crippen LogP contribution in [0.1, 0.15) is 16.7 Å². The van der Waals surface area contributed by atoms with Crippen LogP contribution in [0.15, 0.2) is 76.5 Å². The van der Waals surface area contributed by atoms with E-state index in [9.17, 15) is 13.2 Å². The van der Waals surface area contributed by atoms with Gasteiger partial charge in [-0.3, -0.25) is 9.52 Å². The number of aryl methyl sites for hydroxylation is 2. The molecule has 0 heterocycles. The first kappa shape index (κ1) is 21.9. The summed E-state index contributed by atoms with van der Waals surface area (Å²) in [6, 6.07) is 19.5. The Morgan fingerprint density at radius 1 is 0.900 bits per heavy atom. The molecular formula is C23H24N2O3S2. The third-order valence-electron chi connectivity index (χ3n) is 4.69. The lowest BCUT2D eigenvalue weighted by Crippen LogP contribution is -2.15. The van der Waals surface area contributed by atoms with E-state index in [2.05, 4.69) is 10.0 Å². The highest BCUT2D eigenvalue weighted by atomic mass is 32.2. The molecule has 5 nitrogen and oxygen atoms in total. The molecule has 0 aliphatic carbocycles. The molecule has 0 spiro atoms. The van der Waals surface area contributed by atoms with E-state index >= 15 is 0 Å². The highest BCUT2D eigenvalue weighted by molar-refractivity contribution is 8.00. The SMILES string of the molecule is Cc1ccc(S(=O)(=O)Nc2ccc(SCC(=O)Nc3cccc(C)c3C)cc2)cc1. The smallest absolute Gasteiger partial charge is 0.261 e. The number of carbonyl (C=O) groups is 1. The Hall–Kier alpha value is -2.77. The van der Waals surface area contributed by atoms with E-state index in [1.807, 2.05) is 39.0 Å². The van der Waals surface area contributed by atoms with Crippen LogP contribution in [0.3, 0.4) is 0 Å². The molecule has 7 heteroatoms. The predicted octanol–water partition coefficient (Wildman–Crippen LogP) is 5.14. The van der Waals surface area contributed by atoms with Gasteiger partial charge in [-0.2, -0.15) is 0 Å². The lowest BCUT2D eigenvalue weighted by atomic mass is 10.1. The Morgan fingerprint density at radius 2 is 1.57 bits per heavy atom. The standard InChI is InChI=1S/C23H24N2O3S2/c1-16-7-13-21(14-8-16)30(27,28)25-19-9-11-20(12-10-19)29-15-23(26)24-22-6-4-5-17(2)18(22)3/h4-14,25H,15H2,1-3H3,(H,24,26). The molecule has 0 aliphatic rings. The van der Waals surface area contributed by atoms with Crippen LogP contribution in [0.25, 0.3) is 0 Å². The Bertz CT molecular complexity index is 1140. The van der Waals surface area contributed by atoms with Crippen LogP contribution in [0.4, 0.5) is 11.4 Å². The zero-order valence-electron chi connectivity index (χ0n) is 17.1. The minimum atomic E-state index is -3.63. The topological polar surface area (TPSA) is 75.3 Å². The fourth-order valence-electron chi connectivity index (χ4n) is 2.77. The van der Waals surface area contributed by atoms with Crippen molar-refractivity contribution in [3.05, 3.63) is 83.4 Å². The first-order chi connectivity index (χ1) is 14.2. The first-order valence-corrected chi connectivity index (χ1v) is 11.9. The summed E-state index contributed by atoms with van der Waals surface area (Å²) >= 11 is 1.39. The number of thioether (sulfide) groups is 1. The Morgan fingerprint density at radius 3 is 2.23 bits per heavy atom. The second-order valence-corrected chi connectivity index (χ2v) is 9.76. The molecule has 0 bridgehead atoms. The largest absolute Gasteiger partial charge is 0.325 e. The number of carbonyl (C=O) groups excluding carboxylic acids is 1. The second kappa shape index (κ2) is 9.36. The lowest BCUT2D eigenvalue weighted by Gasteiger charge is -2.11. The highest BCUT2D eigenvalue weighted by Gasteiger charge is 2.14. The molecule has 3 aromatic carbocycles. The molecule has 0 saturated carbocycles. The summed E-state index contributed by atoms with van der Waals surface area (Å²) < 4.78 is 27.5. The van der Waals surface area contributed by atoms with Crippen molar-refractivity contribution in [2.75, 3.05) is 15.8 Å². The molecule has 156 valence electrons. The average molecular weight is 441 g/mol. The molecule has 0 fully saturated rings. The van der Waals surface area contributed by atoms with Gasteiger partial charge in [-0.1, -0.05) is 29.8 Å². The van der Waals surface area contributed by atoms with Crippen LogP contribution >= 0.6 is 11.8 Å². The maximum Gasteiger partial charge on any atom is 0.261 e. The fraction of sp³-hybridized carbons (Fsp3) is 0.174. The normalized spacial score (nSPS) is 11.2. The van der Waals surface area contributed by atoms with Gasteiger partial charge in [0.2, 0.25) is 5.91 Å². The third-order valence-corrected chi connectivity index (χ3v) is 7.10. The molecular weight excluding hydrogens is 416 g/mol. The predicted molar refractivity (Wildman–Crippen MR) is 124 cm³/mol. The molecule has 3 rings (SSSR count). The van der Waals surface area contributed by atoms with Crippen LogP contribution in [0, 0.1) is 20.8 Å². The van der Waals surface area contributed by atoms with Crippen molar-refractivity contribution in [3.8, 4) is 0 Å². The van der Waals surface area contributed by atoms with E-state index in [1.54, 1.807) is 48.5 Å². The van der Waals surface area contributed by atoms with E-state index in [-0.39, 0.29) is 16.6 Å². The number of hydrogen-bond donors (Lipinski definition) is 2. The summed E-state index contributed by atoms with van der Waals surface area (Å²) in [6.45, 7) is 5.89. The van der Waals surface area contributed by atoms with Crippen LogP contribution in [-0.4, -0.2) is 20.1 Å². The molecule has 0 saturated heterocycles. The third kappa shape index (κ3) is 5.64. The van der Waals surface area contributed by atoms with E-state index in [0.29, 0.717) is 5.69 Å². The van der Waals surface area contributed by atoms with Crippen molar-refractivity contribution in [3.63, 3.8) is 0 Å². The van der Waals surface area contributed by atoms with Crippen LogP contribution < -0.4 is 10.0 Å². The van der Waals surface area contributed by atoms with Crippen molar-refractivity contribution < 1.29 is 13.2 Å². The summed E-state index contributed by atoms with van der Waals surface area (Å²) in [6.07, 6.45) is 0. The van der Waals surface area contributed by atoms with Gasteiger partial charge in [0.05, 0.1) is 10.6 Å². The van der Waals surface area contributed by atoms with Gasteiger partial charge < -0.3 is 5.32 Å². The summed E-state index contributed by atoms with van der Waals surface area (Å²) in [5, 5.41) is 2.93.